The van der Waals surface area contributed by atoms with E-state index in [1.165, 1.54) is 12.1 Å². The van der Waals surface area contributed by atoms with Crippen molar-refractivity contribution < 1.29 is 13.5 Å². The first kappa shape index (κ1) is 19.2. The molecule has 4 aromatic rings. The van der Waals surface area contributed by atoms with Crippen LogP contribution in [0, 0.1) is 5.82 Å². The molecule has 30 heavy (non-hydrogen) atoms. The van der Waals surface area contributed by atoms with Gasteiger partial charge >= 0.3 is 7.37 Å². The molecule has 1 heterocycles. The van der Waals surface area contributed by atoms with Crippen molar-refractivity contribution in [1.29, 1.82) is 0 Å². The van der Waals surface area contributed by atoms with Crippen molar-refractivity contribution in [3.05, 3.63) is 101 Å². The zero-order valence-corrected chi connectivity index (χ0v) is 17.8. The highest BCUT2D eigenvalue weighted by Crippen LogP contribution is 2.70. The Kier molecular flexibility index (Phi) is 4.39. The van der Waals surface area contributed by atoms with Crippen molar-refractivity contribution in [3.8, 4) is 5.75 Å². The van der Waals surface area contributed by atoms with Gasteiger partial charge in [-0.3, -0.25) is 4.57 Å². The summed E-state index contributed by atoms with van der Waals surface area (Å²) in [5.74, 6) is 0.0937. The zero-order valence-electron chi connectivity index (χ0n) is 16.1. The van der Waals surface area contributed by atoms with E-state index in [1.54, 1.807) is 6.07 Å². The standard InChI is InChI=1S/C24H18ClFNO2P/c1-24(27-17-12-14-22(26)21(25)15-17)20-13-11-16-7-5-6-10-19(16)23(20)29-30(24,28)18-8-3-2-4-9-18/h2-15,27H,1H3/t24-,30?/m0/s1. The average molecular weight is 438 g/mol. The lowest BCUT2D eigenvalue weighted by Crippen LogP contribution is -2.33. The van der Waals surface area contributed by atoms with Gasteiger partial charge in [0.05, 0.1) is 10.3 Å². The molecule has 0 saturated heterocycles. The van der Waals surface area contributed by atoms with Gasteiger partial charge in [0.15, 0.2) is 5.28 Å². The van der Waals surface area contributed by atoms with Crippen LogP contribution < -0.4 is 15.1 Å². The predicted molar refractivity (Wildman–Crippen MR) is 121 cm³/mol. The highest BCUT2D eigenvalue weighted by molar-refractivity contribution is 7.69. The molecule has 0 spiro atoms. The van der Waals surface area contributed by atoms with E-state index in [2.05, 4.69) is 5.32 Å². The Balaban J connectivity index is 1.75. The van der Waals surface area contributed by atoms with Crippen LogP contribution in [0.5, 0.6) is 5.75 Å². The molecule has 0 radical (unpaired) electrons. The molecule has 0 bridgehead atoms. The predicted octanol–water partition coefficient (Wildman–Crippen LogP) is 6.91. The highest BCUT2D eigenvalue weighted by Gasteiger charge is 2.56. The topological polar surface area (TPSA) is 38.3 Å². The van der Waals surface area contributed by atoms with Crippen LogP contribution in [-0.4, -0.2) is 0 Å². The molecule has 1 N–H and O–H groups in total. The zero-order chi connectivity index (χ0) is 20.9. The molecule has 150 valence electrons. The van der Waals surface area contributed by atoms with Crippen molar-refractivity contribution in [2.75, 3.05) is 5.32 Å². The average Bonchev–Trinajstić information content (AvgIpc) is 2.99. The van der Waals surface area contributed by atoms with Crippen molar-refractivity contribution in [3.63, 3.8) is 0 Å². The fourth-order valence-corrected chi connectivity index (χ4v) is 6.81. The van der Waals surface area contributed by atoms with Crippen molar-refractivity contribution in [2.45, 2.75) is 12.2 Å². The molecule has 2 atom stereocenters. The Labute approximate surface area is 178 Å². The molecule has 0 fully saturated rings. The Hall–Kier alpha value is -2.81. The number of nitrogens with one attached hydrogen (secondary N) is 1. The fourth-order valence-electron chi connectivity index (χ4n) is 4.03. The lowest BCUT2D eigenvalue weighted by molar-refractivity contribution is 0.490. The first-order chi connectivity index (χ1) is 14.4. The minimum atomic E-state index is -3.47. The van der Waals surface area contributed by atoms with Gasteiger partial charge in [-0.15, -0.1) is 0 Å². The van der Waals surface area contributed by atoms with Gasteiger partial charge in [-0.25, -0.2) is 4.39 Å². The molecule has 1 aliphatic rings. The number of halogens is 2. The van der Waals surface area contributed by atoms with Gasteiger partial charge in [-0.05, 0) is 42.6 Å². The minimum Gasteiger partial charge on any atom is -0.437 e. The van der Waals surface area contributed by atoms with Crippen LogP contribution in [0.1, 0.15) is 12.5 Å². The minimum absolute atomic E-state index is 0.00389. The number of hydrogen-bond acceptors (Lipinski definition) is 3. The Morgan fingerprint density at radius 1 is 0.967 bits per heavy atom. The maximum atomic E-state index is 14.5. The second-order valence-electron chi connectivity index (χ2n) is 7.47. The van der Waals surface area contributed by atoms with E-state index in [0.717, 1.165) is 16.3 Å². The molecule has 4 aromatic carbocycles. The molecule has 0 saturated carbocycles. The Morgan fingerprint density at radius 2 is 1.70 bits per heavy atom. The molecule has 1 unspecified atom stereocenters. The maximum absolute atomic E-state index is 14.5. The molecular formula is C24H18ClFNO2P. The number of fused-ring (bicyclic) bond motifs is 3. The molecular weight excluding hydrogens is 420 g/mol. The fraction of sp³-hybridized carbons (Fsp3) is 0.0833. The highest BCUT2D eigenvalue weighted by atomic mass is 35.5. The van der Waals surface area contributed by atoms with E-state index < -0.39 is 18.5 Å². The SMILES string of the molecule is C[C@@]1(Nc2ccc(F)c(Cl)c2)c2ccc3ccccc3c2OP1(=O)c1ccccc1. The summed E-state index contributed by atoms with van der Waals surface area (Å²) in [4.78, 5) is 0. The summed E-state index contributed by atoms with van der Waals surface area (Å²) in [6, 6.07) is 25.3. The molecule has 3 nitrogen and oxygen atoms in total. The van der Waals surface area contributed by atoms with Crippen LogP contribution >= 0.6 is 19.0 Å². The largest absolute Gasteiger partial charge is 0.437 e. The number of hydrogen-bond donors (Lipinski definition) is 1. The Bertz CT molecular complexity index is 1330. The van der Waals surface area contributed by atoms with E-state index in [9.17, 15) is 8.96 Å². The first-order valence-corrected chi connectivity index (χ1v) is 11.5. The molecule has 0 aromatic heterocycles. The second kappa shape index (κ2) is 6.87. The maximum Gasteiger partial charge on any atom is 0.306 e. The summed E-state index contributed by atoms with van der Waals surface area (Å²) in [6.07, 6.45) is 0. The quantitative estimate of drug-likeness (QED) is 0.354. The smallest absolute Gasteiger partial charge is 0.306 e. The van der Waals surface area contributed by atoms with Crippen LogP contribution in [-0.2, 0) is 9.85 Å². The van der Waals surface area contributed by atoms with Crippen LogP contribution in [0.4, 0.5) is 10.1 Å². The van der Waals surface area contributed by atoms with E-state index in [0.29, 0.717) is 16.7 Å². The first-order valence-electron chi connectivity index (χ1n) is 9.53. The van der Waals surface area contributed by atoms with Gasteiger partial charge in [0.25, 0.3) is 0 Å². The van der Waals surface area contributed by atoms with Crippen LogP contribution in [0.3, 0.4) is 0 Å². The van der Waals surface area contributed by atoms with Crippen LogP contribution in [0.15, 0.2) is 84.9 Å². The summed E-state index contributed by atoms with van der Waals surface area (Å²) in [5.41, 5.74) is 1.35. The van der Waals surface area contributed by atoms with Gasteiger partial charge in [-0.1, -0.05) is 66.2 Å². The van der Waals surface area contributed by atoms with E-state index in [-0.39, 0.29) is 5.02 Å². The number of rotatable bonds is 3. The summed E-state index contributed by atoms with van der Waals surface area (Å²) in [6.45, 7) is 1.86. The van der Waals surface area contributed by atoms with Crippen molar-refractivity contribution >= 4 is 40.7 Å². The third kappa shape index (κ3) is 2.75. The molecule has 0 amide bonds. The lowest BCUT2D eigenvalue weighted by Gasteiger charge is -2.32. The van der Waals surface area contributed by atoms with Crippen LogP contribution in [0.2, 0.25) is 5.02 Å². The summed E-state index contributed by atoms with van der Waals surface area (Å²) >= 11 is 6.00. The summed E-state index contributed by atoms with van der Waals surface area (Å²) in [5, 5.41) is 4.78. The Morgan fingerprint density at radius 3 is 2.47 bits per heavy atom. The third-order valence-electron chi connectivity index (χ3n) is 5.62. The van der Waals surface area contributed by atoms with Gasteiger partial charge in [0, 0.05) is 16.6 Å². The van der Waals surface area contributed by atoms with Gasteiger partial charge in [0.2, 0.25) is 0 Å². The molecule has 0 aliphatic carbocycles. The molecule has 6 heteroatoms. The van der Waals surface area contributed by atoms with E-state index in [4.69, 9.17) is 16.1 Å². The molecule has 1 aliphatic heterocycles. The normalized spacial score (nSPS) is 22.5. The van der Waals surface area contributed by atoms with E-state index in [1.807, 2.05) is 73.7 Å². The molecule has 5 rings (SSSR count). The summed E-state index contributed by atoms with van der Waals surface area (Å²) in [7, 11) is -3.47. The van der Waals surface area contributed by atoms with Crippen molar-refractivity contribution in [2.24, 2.45) is 0 Å². The summed E-state index contributed by atoms with van der Waals surface area (Å²) < 4.78 is 34.6. The number of anilines is 1. The van der Waals surface area contributed by atoms with Crippen LogP contribution in [0.25, 0.3) is 10.8 Å². The monoisotopic (exact) mass is 437 g/mol. The van der Waals surface area contributed by atoms with E-state index >= 15 is 0 Å². The van der Waals surface area contributed by atoms with Crippen molar-refractivity contribution in [1.82, 2.24) is 0 Å². The second-order valence-corrected chi connectivity index (χ2v) is 10.6. The van der Waals surface area contributed by atoms with Gasteiger partial charge in [-0.2, -0.15) is 0 Å². The number of benzene rings is 4. The van der Waals surface area contributed by atoms with Gasteiger partial charge < -0.3 is 9.84 Å². The third-order valence-corrected chi connectivity index (χ3v) is 8.85. The lowest BCUT2D eigenvalue weighted by atomic mass is 10.0. The van der Waals surface area contributed by atoms with Gasteiger partial charge in [0.1, 0.15) is 11.6 Å².